The topological polar surface area (TPSA) is 84.4 Å². The van der Waals surface area contributed by atoms with Gasteiger partial charge < -0.3 is 19.9 Å². The first-order valence-electron chi connectivity index (χ1n) is 6.59. The fourth-order valence-electron chi connectivity index (χ4n) is 1.35. The maximum atomic E-state index is 5.67. The number of hydrogen-bond acceptors (Lipinski definition) is 6. The summed E-state index contributed by atoms with van der Waals surface area (Å²) < 4.78 is 17.8. The molecule has 0 saturated carbocycles. The summed E-state index contributed by atoms with van der Waals surface area (Å²) in [6, 6.07) is 0. The van der Waals surface area contributed by atoms with E-state index in [1.54, 1.807) is 24.0 Å². The third kappa shape index (κ3) is 8.61. The van der Waals surface area contributed by atoms with Gasteiger partial charge in [0, 0.05) is 12.6 Å². The van der Waals surface area contributed by atoms with Crippen molar-refractivity contribution in [1.82, 2.24) is 15.0 Å². The molecule has 7 heteroatoms. The van der Waals surface area contributed by atoms with E-state index >= 15 is 0 Å². The molecule has 1 rings (SSSR count). The van der Waals surface area contributed by atoms with Crippen LogP contribution >= 0.6 is 0 Å². The van der Waals surface area contributed by atoms with Crippen LogP contribution in [0.1, 0.15) is 13.3 Å². The van der Waals surface area contributed by atoms with Gasteiger partial charge in [-0.15, -0.1) is 11.0 Å². The molecule has 1 aromatic heterocycles. The molecule has 0 aliphatic heterocycles. The number of rotatable bonds is 11. The van der Waals surface area contributed by atoms with E-state index < -0.39 is 0 Å². The van der Waals surface area contributed by atoms with Gasteiger partial charge in [0.15, 0.2) is 0 Å². The predicted octanol–water partition coefficient (Wildman–Crippen LogP) is 0.0261. The molecule has 0 spiro atoms. The molecular weight excluding hydrogens is 260 g/mol. The lowest BCUT2D eigenvalue weighted by atomic mass is 10.4. The zero-order valence-electron chi connectivity index (χ0n) is 11.8. The van der Waals surface area contributed by atoms with Gasteiger partial charge in [0.05, 0.1) is 45.8 Å². The van der Waals surface area contributed by atoms with E-state index in [1.165, 1.54) is 0 Å². The minimum atomic E-state index is -0.343. The highest BCUT2D eigenvalue weighted by molar-refractivity contribution is 4.95. The summed E-state index contributed by atoms with van der Waals surface area (Å²) in [5.41, 5.74) is 5.67. The quantitative estimate of drug-likeness (QED) is 0.350. The van der Waals surface area contributed by atoms with Crippen molar-refractivity contribution in [3.63, 3.8) is 0 Å². The standard InChI is InChI=1S/C13H22N4O3/c1-2-3-4-13(14)20-12-11-19-10-9-18-8-7-17-6-5-15-16-17/h5-6,13H,4,7-12,14H2,1H3. The summed E-state index contributed by atoms with van der Waals surface area (Å²) in [5, 5.41) is 7.53. The van der Waals surface area contributed by atoms with Crippen molar-refractivity contribution in [3.05, 3.63) is 12.4 Å². The first kappa shape index (κ1) is 16.6. The number of hydrogen-bond donors (Lipinski definition) is 1. The van der Waals surface area contributed by atoms with Gasteiger partial charge in [0.25, 0.3) is 0 Å². The lowest BCUT2D eigenvalue weighted by Crippen LogP contribution is -2.25. The smallest absolute Gasteiger partial charge is 0.116 e. The van der Waals surface area contributed by atoms with Gasteiger partial charge in [-0.05, 0) is 6.92 Å². The first-order chi connectivity index (χ1) is 9.83. The Bertz CT molecular complexity index is 386. The molecule has 0 bridgehead atoms. The largest absolute Gasteiger partial charge is 0.377 e. The van der Waals surface area contributed by atoms with E-state index in [0.717, 1.165) is 0 Å². The lowest BCUT2D eigenvalue weighted by Gasteiger charge is -2.10. The molecule has 1 aromatic rings. The summed E-state index contributed by atoms with van der Waals surface area (Å²) in [4.78, 5) is 0. The number of nitrogens with zero attached hydrogens (tertiary/aromatic N) is 3. The predicted molar refractivity (Wildman–Crippen MR) is 73.7 cm³/mol. The number of aromatic nitrogens is 3. The molecule has 1 heterocycles. The van der Waals surface area contributed by atoms with Gasteiger partial charge in [0.2, 0.25) is 0 Å². The van der Waals surface area contributed by atoms with Crippen molar-refractivity contribution in [1.29, 1.82) is 0 Å². The van der Waals surface area contributed by atoms with Crippen LogP contribution in [-0.4, -0.2) is 54.3 Å². The molecule has 2 N–H and O–H groups in total. The van der Waals surface area contributed by atoms with Crippen LogP contribution in [0.25, 0.3) is 0 Å². The fourth-order valence-corrected chi connectivity index (χ4v) is 1.35. The van der Waals surface area contributed by atoms with Gasteiger partial charge in [0.1, 0.15) is 6.23 Å². The van der Waals surface area contributed by atoms with Crippen molar-refractivity contribution in [2.45, 2.75) is 26.1 Å². The lowest BCUT2D eigenvalue weighted by molar-refractivity contribution is -0.00889. The van der Waals surface area contributed by atoms with E-state index in [-0.39, 0.29) is 6.23 Å². The van der Waals surface area contributed by atoms with E-state index in [2.05, 4.69) is 22.2 Å². The maximum absolute atomic E-state index is 5.67. The normalized spacial score (nSPS) is 11.9. The molecule has 0 aliphatic rings. The van der Waals surface area contributed by atoms with E-state index in [9.17, 15) is 0 Å². The molecular formula is C13H22N4O3. The summed E-state index contributed by atoms with van der Waals surface area (Å²) in [7, 11) is 0. The second-order valence-electron chi connectivity index (χ2n) is 3.93. The second-order valence-corrected chi connectivity index (χ2v) is 3.93. The van der Waals surface area contributed by atoms with Gasteiger partial charge in [-0.2, -0.15) is 0 Å². The van der Waals surface area contributed by atoms with Gasteiger partial charge >= 0.3 is 0 Å². The van der Waals surface area contributed by atoms with Gasteiger partial charge in [-0.3, -0.25) is 4.68 Å². The summed E-state index contributed by atoms with van der Waals surface area (Å²) in [5.74, 6) is 5.63. The first-order valence-corrected chi connectivity index (χ1v) is 6.59. The molecule has 0 fully saturated rings. The molecule has 112 valence electrons. The Morgan fingerprint density at radius 3 is 2.65 bits per heavy atom. The minimum Gasteiger partial charge on any atom is -0.377 e. The zero-order valence-corrected chi connectivity index (χ0v) is 11.8. The third-order valence-electron chi connectivity index (χ3n) is 2.35. The molecule has 7 nitrogen and oxygen atoms in total. The second kappa shape index (κ2) is 11.4. The summed E-state index contributed by atoms with van der Waals surface area (Å²) >= 11 is 0. The van der Waals surface area contributed by atoms with Gasteiger partial charge in [-0.1, -0.05) is 11.1 Å². The van der Waals surface area contributed by atoms with E-state index in [1.807, 2.05) is 0 Å². The molecule has 0 saturated heterocycles. The van der Waals surface area contributed by atoms with Crippen molar-refractivity contribution in [2.24, 2.45) is 5.73 Å². The Kier molecular flexibility index (Phi) is 9.44. The Labute approximate surface area is 119 Å². The Morgan fingerprint density at radius 1 is 1.20 bits per heavy atom. The van der Waals surface area contributed by atoms with Gasteiger partial charge in [-0.25, -0.2) is 0 Å². The van der Waals surface area contributed by atoms with E-state index in [0.29, 0.717) is 46.0 Å². The van der Waals surface area contributed by atoms with Crippen LogP contribution in [0.4, 0.5) is 0 Å². The Balaban J connectivity index is 1.81. The van der Waals surface area contributed by atoms with Crippen LogP contribution in [0.3, 0.4) is 0 Å². The van der Waals surface area contributed by atoms with Crippen molar-refractivity contribution in [2.75, 3.05) is 33.0 Å². The van der Waals surface area contributed by atoms with Crippen molar-refractivity contribution < 1.29 is 14.2 Å². The SMILES string of the molecule is CC#CCC(N)OCCOCCOCCn1ccnn1. The van der Waals surface area contributed by atoms with Crippen LogP contribution in [-0.2, 0) is 20.8 Å². The minimum absolute atomic E-state index is 0.343. The summed E-state index contributed by atoms with van der Waals surface area (Å²) in [6.45, 7) is 5.09. The maximum Gasteiger partial charge on any atom is 0.116 e. The van der Waals surface area contributed by atoms with Crippen LogP contribution < -0.4 is 5.73 Å². The molecule has 0 amide bonds. The molecule has 1 unspecified atom stereocenters. The average molecular weight is 282 g/mol. The summed E-state index contributed by atoms with van der Waals surface area (Å²) in [6.07, 6.45) is 3.63. The molecule has 20 heavy (non-hydrogen) atoms. The van der Waals surface area contributed by atoms with Crippen LogP contribution in [0, 0.1) is 11.8 Å². The molecule has 1 atom stereocenters. The van der Waals surface area contributed by atoms with Crippen LogP contribution in [0.5, 0.6) is 0 Å². The Hall–Kier alpha value is -1.46. The van der Waals surface area contributed by atoms with Crippen LogP contribution in [0.2, 0.25) is 0 Å². The van der Waals surface area contributed by atoms with Crippen molar-refractivity contribution >= 4 is 0 Å². The number of ether oxygens (including phenoxy) is 3. The average Bonchev–Trinajstić information content (AvgIpc) is 2.96. The monoisotopic (exact) mass is 282 g/mol. The van der Waals surface area contributed by atoms with Crippen LogP contribution in [0.15, 0.2) is 12.4 Å². The van der Waals surface area contributed by atoms with E-state index in [4.69, 9.17) is 19.9 Å². The molecule has 0 radical (unpaired) electrons. The number of nitrogens with two attached hydrogens (primary N) is 1. The zero-order chi connectivity index (χ0) is 14.5. The fraction of sp³-hybridized carbons (Fsp3) is 0.692. The highest BCUT2D eigenvalue weighted by Crippen LogP contribution is 1.90. The molecule has 0 aliphatic carbocycles. The highest BCUT2D eigenvalue weighted by atomic mass is 16.5. The highest BCUT2D eigenvalue weighted by Gasteiger charge is 1.99. The third-order valence-corrected chi connectivity index (χ3v) is 2.35. The Morgan fingerprint density at radius 2 is 1.95 bits per heavy atom. The van der Waals surface area contributed by atoms with Crippen molar-refractivity contribution in [3.8, 4) is 11.8 Å². The molecule has 0 aromatic carbocycles.